The summed E-state index contributed by atoms with van der Waals surface area (Å²) < 4.78 is 10.3. The first-order valence-electron chi connectivity index (χ1n) is 6.97. The third-order valence-electron chi connectivity index (χ3n) is 2.70. The Labute approximate surface area is 135 Å². The van der Waals surface area contributed by atoms with Crippen LogP contribution >= 0.6 is 11.6 Å². The van der Waals surface area contributed by atoms with Gasteiger partial charge in [0.2, 0.25) is 0 Å². The smallest absolute Gasteiger partial charge is 0.343 e. The van der Waals surface area contributed by atoms with Crippen LogP contribution in [0.4, 0.5) is 5.69 Å². The second-order valence-corrected chi connectivity index (χ2v) is 4.57. The van der Waals surface area contributed by atoms with E-state index >= 15 is 0 Å². The van der Waals surface area contributed by atoms with E-state index < -0.39 is 5.97 Å². The molecular weight excluding hydrogens is 306 g/mol. The molecule has 22 heavy (non-hydrogen) atoms. The van der Waals surface area contributed by atoms with E-state index in [2.05, 4.69) is 4.99 Å². The number of aliphatic hydroxyl groups excluding tert-OH is 1. The topological polar surface area (TPSA) is 68.1 Å². The largest absolute Gasteiger partial charge is 0.510 e. The Morgan fingerprint density at radius 1 is 1.23 bits per heavy atom. The minimum Gasteiger partial charge on any atom is -0.510 e. The molecule has 0 fully saturated rings. The maximum atomic E-state index is 11.9. The van der Waals surface area contributed by atoms with E-state index in [-0.39, 0.29) is 23.8 Å². The lowest BCUT2D eigenvalue weighted by molar-refractivity contribution is -0.138. The molecule has 1 rings (SSSR count). The van der Waals surface area contributed by atoms with Crippen molar-refractivity contribution in [2.45, 2.75) is 20.8 Å². The Kier molecular flexibility index (Phi) is 7.46. The van der Waals surface area contributed by atoms with Crippen LogP contribution in [0, 0.1) is 0 Å². The number of carbonyl (C=O) groups is 1. The van der Waals surface area contributed by atoms with Crippen molar-refractivity contribution < 1.29 is 19.4 Å². The number of alkyl halides is 1. The normalized spacial score (nSPS) is 12.6. The zero-order valence-electron chi connectivity index (χ0n) is 12.9. The molecule has 6 heteroatoms. The highest BCUT2D eigenvalue weighted by Gasteiger charge is 2.19. The maximum Gasteiger partial charge on any atom is 0.343 e. The van der Waals surface area contributed by atoms with E-state index in [1.165, 1.54) is 0 Å². The quantitative estimate of drug-likeness (QED) is 0.272. The van der Waals surface area contributed by atoms with Crippen LogP contribution in [0.5, 0.6) is 5.75 Å². The second kappa shape index (κ2) is 9.10. The van der Waals surface area contributed by atoms with Crippen LogP contribution in [0.25, 0.3) is 0 Å². The van der Waals surface area contributed by atoms with Crippen molar-refractivity contribution in [1.29, 1.82) is 0 Å². The number of aliphatic hydroxyl groups is 1. The van der Waals surface area contributed by atoms with Crippen molar-refractivity contribution in [1.82, 2.24) is 0 Å². The molecule has 1 aromatic rings. The van der Waals surface area contributed by atoms with E-state index in [0.717, 1.165) is 5.75 Å². The van der Waals surface area contributed by atoms with Gasteiger partial charge in [0, 0.05) is 0 Å². The highest BCUT2D eigenvalue weighted by molar-refractivity contribution is 6.23. The summed E-state index contributed by atoms with van der Waals surface area (Å²) in [5.74, 6) is -0.353. The predicted molar refractivity (Wildman–Crippen MR) is 87.4 cm³/mol. The Morgan fingerprint density at radius 3 is 2.36 bits per heavy atom. The van der Waals surface area contributed by atoms with Crippen molar-refractivity contribution in [3.63, 3.8) is 0 Å². The molecule has 0 bridgehead atoms. The number of benzene rings is 1. The number of halogens is 1. The highest BCUT2D eigenvalue weighted by Crippen LogP contribution is 2.20. The van der Waals surface area contributed by atoms with Crippen LogP contribution in [0.1, 0.15) is 20.8 Å². The molecule has 0 aliphatic carbocycles. The van der Waals surface area contributed by atoms with E-state index in [9.17, 15) is 9.90 Å². The molecule has 0 saturated heterocycles. The van der Waals surface area contributed by atoms with E-state index in [1.54, 1.807) is 38.1 Å². The Bertz CT molecular complexity index is 564. The summed E-state index contributed by atoms with van der Waals surface area (Å²) in [7, 11) is 0. The number of hydrogen-bond acceptors (Lipinski definition) is 5. The first-order valence-corrected chi connectivity index (χ1v) is 7.50. The van der Waals surface area contributed by atoms with Crippen molar-refractivity contribution >= 4 is 29.0 Å². The molecule has 0 amide bonds. The van der Waals surface area contributed by atoms with Gasteiger partial charge in [0.1, 0.15) is 17.1 Å². The van der Waals surface area contributed by atoms with Crippen LogP contribution in [-0.4, -0.2) is 35.9 Å². The Hall–Kier alpha value is -2.01. The first kappa shape index (κ1) is 18.0. The molecule has 0 radical (unpaired) electrons. The van der Waals surface area contributed by atoms with Gasteiger partial charge in [-0.3, -0.25) is 4.99 Å². The van der Waals surface area contributed by atoms with Gasteiger partial charge in [0.25, 0.3) is 0 Å². The number of rotatable bonds is 7. The van der Waals surface area contributed by atoms with Gasteiger partial charge in [-0.1, -0.05) is 0 Å². The van der Waals surface area contributed by atoms with Crippen molar-refractivity contribution in [3.05, 3.63) is 35.6 Å². The zero-order valence-corrected chi connectivity index (χ0v) is 13.7. The van der Waals surface area contributed by atoms with Crippen LogP contribution in [-0.2, 0) is 9.53 Å². The van der Waals surface area contributed by atoms with Gasteiger partial charge in [-0.05, 0) is 45.0 Å². The average molecular weight is 326 g/mol. The Balaban J connectivity index is 3.07. The van der Waals surface area contributed by atoms with E-state index in [0.29, 0.717) is 18.0 Å². The molecule has 0 aliphatic rings. The van der Waals surface area contributed by atoms with Gasteiger partial charge in [-0.2, -0.15) is 0 Å². The Morgan fingerprint density at radius 2 is 1.86 bits per heavy atom. The van der Waals surface area contributed by atoms with Gasteiger partial charge < -0.3 is 14.6 Å². The third kappa shape index (κ3) is 5.07. The summed E-state index contributed by atoms with van der Waals surface area (Å²) in [6, 6.07) is 7.08. The third-order valence-corrected chi connectivity index (χ3v) is 2.95. The molecule has 0 saturated carbocycles. The van der Waals surface area contributed by atoms with Crippen LogP contribution in [0.2, 0.25) is 0 Å². The van der Waals surface area contributed by atoms with Gasteiger partial charge in [0.05, 0.1) is 30.5 Å². The molecule has 120 valence electrons. The average Bonchev–Trinajstić information content (AvgIpc) is 2.49. The molecule has 1 N–H and O–H groups in total. The van der Waals surface area contributed by atoms with E-state index in [4.69, 9.17) is 21.1 Å². The lowest BCUT2D eigenvalue weighted by atomic mass is 10.1. The lowest BCUT2D eigenvalue weighted by Crippen LogP contribution is -2.17. The van der Waals surface area contributed by atoms with Gasteiger partial charge in [-0.25, -0.2) is 4.79 Å². The molecule has 0 spiro atoms. The molecular formula is C16H20ClNO4. The number of carbonyl (C=O) groups excluding carboxylic acids is 1. The minimum absolute atomic E-state index is 0.00858. The van der Waals surface area contributed by atoms with E-state index in [1.807, 2.05) is 6.92 Å². The summed E-state index contributed by atoms with van der Waals surface area (Å²) in [6.07, 6.45) is 0. The van der Waals surface area contributed by atoms with Gasteiger partial charge in [-0.15, -0.1) is 11.6 Å². The predicted octanol–water partition coefficient (Wildman–Crippen LogP) is 3.79. The summed E-state index contributed by atoms with van der Waals surface area (Å²) in [6.45, 7) is 5.99. The fourth-order valence-corrected chi connectivity index (χ4v) is 1.91. The van der Waals surface area contributed by atoms with Crippen LogP contribution < -0.4 is 4.74 Å². The van der Waals surface area contributed by atoms with Gasteiger partial charge >= 0.3 is 5.97 Å². The molecule has 0 aliphatic heterocycles. The first-order chi connectivity index (χ1) is 10.5. The van der Waals surface area contributed by atoms with Gasteiger partial charge in [0.15, 0.2) is 0 Å². The summed E-state index contributed by atoms with van der Waals surface area (Å²) in [5, 5.41) is 9.82. The summed E-state index contributed by atoms with van der Waals surface area (Å²) in [5.41, 5.74) is 0.955. The standard InChI is InChI=1S/C16H20ClNO4/c1-4-21-13-8-6-12(7-9-13)18-11(3)15(14(19)10-17)16(20)22-5-2/h6-9,19H,4-5,10H2,1-3H3/b15-14+,18-11?. The number of esters is 1. The summed E-state index contributed by atoms with van der Waals surface area (Å²) >= 11 is 5.61. The lowest BCUT2D eigenvalue weighted by Gasteiger charge is -2.09. The van der Waals surface area contributed by atoms with Crippen molar-refractivity contribution in [2.24, 2.45) is 4.99 Å². The molecule has 1 aromatic carbocycles. The number of ether oxygens (including phenoxy) is 2. The molecule has 0 heterocycles. The maximum absolute atomic E-state index is 11.9. The fraction of sp³-hybridized carbons (Fsp3) is 0.375. The molecule has 5 nitrogen and oxygen atoms in total. The zero-order chi connectivity index (χ0) is 16.5. The molecule has 0 atom stereocenters. The molecule has 0 unspecified atom stereocenters. The number of allylic oxidation sites excluding steroid dienone is 1. The van der Waals surface area contributed by atoms with Crippen molar-refractivity contribution in [2.75, 3.05) is 19.1 Å². The van der Waals surface area contributed by atoms with Crippen LogP contribution in [0.15, 0.2) is 40.6 Å². The second-order valence-electron chi connectivity index (χ2n) is 4.30. The highest BCUT2D eigenvalue weighted by atomic mass is 35.5. The monoisotopic (exact) mass is 325 g/mol. The molecule has 0 aromatic heterocycles. The fourth-order valence-electron chi connectivity index (χ4n) is 1.78. The SMILES string of the molecule is CCOC(=O)/C(C(C)=Nc1ccc(OCC)cc1)=C(/O)CCl. The number of aliphatic imine (C=N–C) groups is 1. The van der Waals surface area contributed by atoms with Crippen LogP contribution in [0.3, 0.4) is 0 Å². The number of nitrogens with zero attached hydrogens (tertiary/aromatic N) is 1. The number of hydrogen-bond donors (Lipinski definition) is 1. The van der Waals surface area contributed by atoms with Crippen molar-refractivity contribution in [3.8, 4) is 5.75 Å². The summed E-state index contributed by atoms with van der Waals surface area (Å²) in [4.78, 5) is 16.2. The minimum atomic E-state index is -0.646.